The number of fused-ring (bicyclic) bond motifs is 6. The van der Waals surface area contributed by atoms with Crippen molar-refractivity contribution in [3.63, 3.8) is 0 Å². The second-order valence-electron chi connectivity index (χ2n) is 11.5. The monoisotopic (exact) mass is 658 g/mol. The maximum atomic E-state index is 6.94. The van der Waals surface area contributed by atoms with Crippen molar-refractivity contribution in [2.24, 2.45) is 0 Å². The molecule has 9 rings (SSSR count). The summed E-state index contributed by atoms with van der Waals surface area (Å²) in [6, 6.07) is 58.2. The van der Waals surface area contributed by atoms with Crippen LogP contribution in [0, 0.1) is 0 Å². The summed E-state index contributed by atoms with van der Waals surface area (Å²) in [5, 5.41) is 5.59. The van der Waals surface area contributed by atoms with Crippen LogP contribution in [0.1, 0.15) is 0 Å². The SMILES string of the molecule is Clc1cc(N(c2ccccc2)c2cccc3sc4ccc(N(c5ccccc5)c5ccccc5)cc4c23)c2sc3ccccc3c2c1. The van der Waals surface area contributed by atoms with Crippen LogP contribution in [0.3, 0.4) is 0 Å². The van der Waals surface area contributed by atoms with Crippen LogP contribution in [-0.4, -0.2) is 0 Å². The first-order valence-corrected chi connectivity index (χ1v) is 17.6. The number of anilines is 6. The molecular weight excluding hydrogens is 632 g/mol. The maximum Gasteiger partial charge on any atom is 0.0655 e. The smallest absolute Gasteiger partial charge is 0.0655 e. The topological polar surface area (TPSA) is 6.48 Å². The fourth-order valence-corrected chi connectivity index (χ4v) is 9.16. The van der Waals surface area contributed by atoms with E-state index in [1.165, 1.54) is 40.3 Å². The van der Waals surface area contributed by atoms with Crippen LogP contribution < -0.4 is 9.80 Å². The Labute approximate surface area is 285 Å². The second kappa shape index (κ2) is 11.6. The van der Waals surface area contributed by atoms with Crippen molar-refractivity contribution in [1.82, 2.24) is 0 Å². The average molecular weight is 659 g/mol. The molecule has 47 heavy (non-hydrogen) atoms. The van der Waals surface area contributed by atoms with Gasteiger partial charge in [-0.05, 0) is 84.9 Å². The lowest BCUT2D eigenvalue weighted by Crippen LogP contribution is -2.10. The van der Waals surface area contributed by atoms with Crippen LogP contribution in [-0.2, 0) is 0 Å². The molecule has 0 unspecified atom stereocenters. The summed E-state index contributed by atoms with van der Waals surface area (Å²) < 4.78 is 4.97. The second-order valence-corrected chi connectivity index (χ2v) is 14.1. The summed E-state index contributed by atoms with van der Waals surface area (Å²) >= 11 is 10.6. The van der Waals surface area contributed by atoms with E-state index in [1.54, 1.807) is 0 Å². The first kappa shape index (κ1) is 28.1. The molecule has 0 saturated carbocycles. The average Bonchev–Trinajstić information content (AvgIpc) is 3.69. The lowest BCUT2D eigenvalue weighted by molar-refractivity contribution is 1.29. The number of para-hydroxylation sites is 3. The Bertz CT molecular complexity index is 2500. The van der Waals surface area contributed by atoms with E-state index in [4.69, 9.17) is 11.6 Å². The molecule has 0 spiro atoms. The third-order valence-electron chi connectivity index (χ3n) is 8.66. The highest BCUT2D eigenvalue weighted by Crippen LogP contribution is 2.50. The number of benzene rings is 7. The fraction of sp³-hybridized carbons (Fsp3) is 0. The molecule has 0 amide bonds. The van der Waals surface area contributed by atoms with Gasteiger partial charge in [0.1, 0.15) is 0 Å². The van der Waals surface area contributed by atoms with Gasteiger partial charge in [0.25, 0.3) is 0 Å². The Morgan fingerprint density at radius 1 is 0.383 bits per heavy atom. The molecule has 0 saturated heterocycles. The van der Waals surface area contributed by atoms with Gasteiger partial charge in [0.2, 0.25) is 0 Å². The van der Waals surface area contributed by atoms with Crippen molar-refractivity contribution < 1.29 is 0 Å². The molecule has 0 radical (unpaired) electrons. The van der Waals surface area contributed by atoms with Crippen molar-refractivity contribution in [3.05, 3.63) is 169 Å². The number of rotatable bonds is 6. The fourth-order valence-electron chi connectivity index (χ4n) is 6.65. The van der Waals surface area contributed by atoms with Crippen molar-refractivity contribution in [2.45, 2.75) is 0 Å². The highest BCUT2D eigenvalue weighted by atomic mass is 35.5. The highest BCUT2D eigenvalue weighted by molar-refractivity contribution is 7.26. The molecule has 7 aromatic carbocycles. The van der Waals surface area contributed by atoms with Gasteiger partial charge in [0.15, 0.2) is 0 Å². The first-order chi connectivity index (χ1) is 23.2. The minimum absolute atomic E-state index is 0.725. The predicted molar refractivity (Wildman–Crippen MR) is 207 cm³/mol. The van der Waals surface area contributed by atoms with E-state index in [1.807, 2.05) is 22.7 Å². The first-order valence-electron chi connectivity index (χ1n) is 15.5. The van der Waals surface area contributed by atoms with Crippen LogP contribution in [0.15, 0.2) is 164 Å². The largest absolute Gasteiger partial charge is 0.310 e. The van der Waals surface area contributed by atoms with Gasteiger partial charge < -0.3 is 9.80 Å². The molecule has 0 bridgehead atoms. The summed E-state index contributed by atoms with van der Waals surface area (Å²) in [5.41, 5.74) is 6.66. The van der Waals surface area contributed by atoms with E-state index in [2.05, 4.69) is 174 Å². The van der Waals surface area contributed by atoms with Gasteiger partial charge in [-0.25, -0.2) is 0 Å². The Morgan fingerprint density at radius 3 is 1.68 bits per heavy atom. The van der Waals surface area contributed by atoms with Gasteiger partial charge in [0.05, 0.1) is 16.1 Å². The lowest BCUT2D eigenvalue weighted by Gasteiger charge is -2.27. The molecule has 0 aliphatic rings. The number of halogens is 1. The number of hydrogen-bond donors (Lipinski definition) is 0. The maximum absolute atomic E-state index is 6.94. The van der Waals surface area contributed by atoms with Crippen LogP contribution in [0.2, 0.25) is 5.02 Å². The van der Waals surface area contributed by atoms with E-state index in [0.29, 0.717) is 0 Å². The van der Waals surface area contributed by atoms with E-state index in [9.17, 15) is 0 Å². The third-order valence-corrected chi connectivity index (χ3v) is 11.2. The number of thiophene rings is 2. The quantitative estimate of drug-likeness (QED) is 0.175. The molecule has 0 atom stereocenters. The summed E-state index contributed by atoms with van der Waals surface area (Å²) in [4.78, 5) is 4.73. The summed E-state index contributed by atoms with van der Waals surface area (Å²) in [6.07, 6.45) is 0. The number of nitrogens with zero attached hydrogens (tertiary/aromatic N) is 2. The molecule has 224 valence electrons. The summed E-state index contributed by atoms with van der Waals surface area (Å²) in [6.45, 7) is 0. The zero-order valence-corrected chi connectivity index (χ0v) is 27.6. The van der Waals surface area contributed by atoms with E-state index < -0.39 is 0 Å². The molecule has 9 aromatic rings. The van der Waals surface area contributed by atoms with Gasteiger partial charge in [-0.15, -0.1) is 22.7 Å². The normalized spacial score (nSPS) is 11.5. The summed E-state index contributed by atoms with van der Waals surface area (Å²) in [5.74, 6) is 0. The molecule has 2 aromatic heterocycles. The van der Waals surface area contributed by atoms with Crippen LogP contribution >= 0.6 is 34.3 Å². The van der Waals surface area contributed by atoms with E-state index in [-0.39, 0.29) is 0 Å². The van der Waals surface area contributed by atoms with Gasteiger partial charge in [0, 0.05) is 63.4 Å². The van der Waals surface area contributed by atoms with Crippen LogP contribution in [0.25, 0.3) is 40.3 Å². The Morgan fingerprint density at radius 2 is 0.979 bits per heavy atom. The van der Waals surface area contributed by atoms with Crippen molar-refractivity contribution in [2.75, 3.05) is 9.80 Å². The van der Waals surface area contributed by atoms with Gasteiger partial charge >= 0.3 is 0 Å². The molecule has 2 heterocycles. The molecule has 5 heteroatoms. The molecule has 0 aliphatic carbocycles. The highest BCUT2D eigenvalue weighted by Gasteiger charge is 2.23. The minimum Gasteiger partial charge on any atom is -0.310 e. The van der Waals surface area contributed by atoms with Gasteiger partial charge in [-0.1, -0.05) is 90.5 Å². The third kappa shape index (κ3) is 4.85. The van der Waals surface area contributed by atoms with Crippen molar-refractivity contribution in [3.8, 4) is 0 Å². The number of hydrogen-bond acceptors (Lipinski definition) is 4. The Kier molecular flexibility index (Phi) is 6.93. The van der Waals surface area contributed by atoms with Gasteiger partial charge in [-0.2, -0.15) is 0 Å². The van der Waals surface area contributed by atoms with E-state index in [0.717, 1.165) is 39.1 Å². The Hall–Kier alpha value is -5.13. The van der Waals surface area contributed by atoms with Crippen LogP contribution in [0.5, 0.6) is 0 Å². The van der Waals surface area contributed by atoms with Crippen molar-refractivity contribution >= 4 is 109 Å². The van der Waals surface area contributed by atoms with Crippen molar-refractivity contribution in [1.29, 1.82) is 0 Å². The Balaban J connectivity index is 1.32. The van der Waals surface area contributed by atoms with Crippen LogP contribution in [0.4, 0.5) is 34.1 Å². The molecule has 0 N–H and O–H groups in total. The predicted octanol–water partition coefficient (Wildman–Crippen LogP) is 14.0. The minimum atomic E-state index is 0.725. The molecule has 2 nitrogen and oxygen atoms in total. The zero-order chi connectivity index (χ0) is 31.3. The standard InChI is InChI=1S/C42H27ClN2S2/c43-28-25-34-33-19-10-11-21-38(33)47-42(34)37(26-28)45(31-17-8-3-9-18-31)36-20-12-22-40-41(36)35-27-32(23-24-39(35)46-40)44(29-13-4-1-5-14-29)30-15-6-2-7-16-30/h1-27H. The molecule has 0 fully saturated rings. The summed E-state index contributed by atoms with van der Waals surface area (Å²) in [7, 11) is 0. The molecule has 0 aliphatic heterocycles. The van der Waals surface area contributed by atoms with E-state index >= 15 is 0 Å². The lowest BCUT2D eigenvalue weighted by atomic mass is 10.1. The molecular formula is C42H27ClN2S2. The zero-order valence-electron chi connectivity index (χ0n) is 25.2. The van der Waals surface area contributed by atoms with Gasteiger partial charge in [-0.3, -0.25) is 0 Å².